The number of aliphatic hydroxyl groups is 5. The quantitative estimate of drug-likeness (QED) is 0.274. The molecule has 0 unspecified atom stereocenters. The van der Waals surface area contributed by atoms with E-state index in [1.165, 1.54) is 0 Å². The minimum absolute atomic E-state index is 0. The van der Waals surface area contributed by atoms with E-state index in [9.17, 15) is 30.3 Å². The number of carbonyl (C=O) groups excluding carboxylic acids is 1. The molecular formula is C9H16NNaO8. The van der Waals surface area contributed by atoms with Gasteiger partial charge in [-0.15, -0.1) is 0 Å². The molecule has 1 aliphatic heterocycles. The van der Waals surface area contributed by atoms with E-state index in [-0.39, 0.29) is 29.6 Å². The zero-order chi connectivity index (χ0) is 14.1. The molecule has 7 N–H and O–H groups in total. The summed E-state index contributed by atoms with van der Waals surface area (Å²) in [5.41, 5.74) is 5.48. The monoisotopic (exact) mass is 289 g/mol. The molecule has 106 valence electrons. The SMILES string of the molecule is N[C@H]1[C@H]([C@H](O)[C@H](O)CO)O[C@](O)(C(=O)[O-])C[C@@H]1O.[Na+]. The van der Waals surface area contributed by atoms with Gasteiger partial charge in [-0.2, -0.15) is 0 Å². The molecule has 0 saturated carbocycles. The van der Waals surface area contributed by atoms with E-state index in [4.69, 9.17) is 15.6 Å². The van der Waals surface area contributed by atoms with Crippen molar-refractivity contribution in [2.45, 2.75) is 42.7 Å². The number of rotatable bonds is 4. The minimum atomic E-state index is -2.81. The van der Waals surface area contributed by atoms with E-state index in [1.807, 2.05) is 0 Å². The topological polar surface area (TPSA) is 177 Å². The average molecular weight is 289 g/mol. The standard InChI is InChI=1S/C9H17NO8.Na/c10-5-3(12)1-9(17,8(15)16)18-7(5)6(14)4(13)2-11;/h3-7,11-14,17H,1-2,10H2,(H,15,16);/q;+1/p-1/t3-,4+,5+,6+,7+,9-;/m0./s1. The van der Waals surface area contributed by atoms with Crippen LogP contribution in [0.3, 0.4) is 0 Å². The number of carboxylic acids is 1. The Balaban J connectivity index is 0.00000324. The van der Waals surface area contributed by atoms with Gasteiger partial charge in [0, 0.05) is 6.42 Å². The van der Waals surface area contributed by atoms with E-state index in [1.54, 1.807) is 0 Å². The molecule has 19 heavy (non-hydrogen) atoms. The number of nitrogens with two attached hydrogens (primary N) is 1. The Labute approximate surface area is 130 Å². The normalized spacial score (nSPS) is 38.1. The third kappa shape index (κ3) is 4.08. The first-order valence-corrected chi connectivity index (χ1v) is 5.25. The van der Waals surface area contributed by atoms with Gasteiger partial charge in [0.2, 0.25) is 5.79 Å². The van der Waals surface area contributed by atoms with Crippen LogP contribution in [0.2, 0.25) is 0 Å². The van der Waals surface area contributed by atoms with Crippen LogP contribution in [0.1, 0.15) is 6.42 Å². The summed E-state index contributed by atoms with van der Waals surface area (Å²) < 4.78 is 4.69. The van der Waals surface area contributed by atoms with Gasteiger partial charge in [-0.05, 0) is 0 Å². The van der Waals surface area contributed by atoms with Gasteiger partial charge in [0.05, 0.1) is 18.8 Å². The molecule has 0 amide bonds. The fourth-order valence-corrected chi connectivity index (χ4v) is 1.75. The third-order valence-corrected chi connectivity index (χ3v) is 2.88. The maximum atomic E-state index is 10.7. The van der Waals surface area contributed by atoms with Gasteiger partial charge in [0.25, 0.3) is 0 Å². The predicted octanol–water partition coefficient (Wildman–Crippen LogP) is -8.38. The summed E-state index contributed by atoms with van der Waals surface area (Å²) in [6, 6.07) is -1.24. The van der Waals surface area contributed by atoms with Crippen LogP contribution < -0.4 is 40.4 Å². The number of ether oxygens (including phenoxy) is 1. The number of aliphatic carboxylic acids is 1. The molecule has 0 aromatic rings. The molecule has 6 atom stereocenters. The van der Waals surface area contributed by atoms with E-state index in [0.29, 0.717) is 0 Å². The fraction of sp³-hybridized carbons (Fsp3) is 0.889. The number of hydrogen-bond acceptors (Lipinski definition) is 9. The van der Waals surface area contributed by atoms with Crippen molar-refractivity contribution >= 4 is 5.97 Å². The molecule has 0 radical (unpaired) electrons. The summed E-state index contributed by atoms with van der Waals surface area (Å²) >= 11 is 0. The zero-order valence-corrected chi connectivity index (χ0v) is 12.3. The first-order chi connectivity index (χ1) is 8.23. The molecule has 1 rings (SSSR count). The molecule has 0 aromatic heterocycles. The number of carbonyl (C=O) groups is 1. The molecule has 0 bridgehead atoms. The van der Waals surface area contributed by atoms with Crippen molar-refractivity contribution in [2.75, 3.05) is 6.61 Å². The van der Waals surface area contributed by atoms with Crippen molar-refractivity contribution in [1.29, 1.82) is 0 Å². The molecule has 0 aliphatic carbocycles. The Kier molecular flexibility index (Phi) is 7.34. The molecule has 0 spiro atoms. The van der Waals surface area contributed by atoms with E-state index >= 15 is 0 Å². The van der Waals surface area contributed by atoms with Crippen LogP contribution >= 0.6 is 0 Å². The van der Waals surface area contributed by atoms with Crippen LogP contribution in [-0.2, 0) is 9.53 Å². The van der Waals surface area contributed by atoms with Crippen molar-refractivity contribution in [3.63, 3.8) is 0 Å². The predicted molar refractivity (Wildman–Crippen MR) is 52.5 cm³/mol. The molecule has 1 fully saturated rings. The van der Waals surface area contributed by atoms with E-state index < -0.39 is 55.2 Å². The Bertz CT molecular complexity index is 319. The fourth-order valence-electron chi connectivity index (χ4n) is 1.75. The number of aliphatic hydroxyl groups excluding tert-OH is 4. The molecule has 1 aliphatic rings. The Morgan fingerprint density at radius 3 is 2.47 bits per heavy atom. The smallest absolute Gasteiger partial charge is 0.544 e. The first kappa shape index (κ1) is 19.2. The van der Waals surface area contributed by atoms with Crippen LogP contribution in [0, 0.1) is 0 Å². The summed E-state index contributed by atoms with van der Waals surface area (Å²) in [5, 5.41) is 57.3. The summed E-state index contributed by atoms with van der Waals surface area (Å²) in [5.74, 6) is -4.81. The Morgan fingerprint density at radius 1 is 1.53 bits per heavy atom. The van der Waals surface area contributed by atoms with Gasteiger partial charge in [0.15, 0.2) is 0 Å². The summed E-state index contributed by atoms with van der Waals surface area (Å²) in [7, 11) is 0. The number of hydrogen-bond donors (Lipinski definition) is 6. The first-order valence-electron chi connectivity index (χ1n) is 5.25. The molecule has 1 saturated heterocycles. The van der Waals surface area contributed by atoms with Crippen molar-refractivity contribution < 1.29 is 69.7 Å². The molecule has 10 heteroatoms. The molecular weight excluding hydrogens is 273 g/mol. The summed E-state index contributed by atoms with van der Waals surface area (Å²) in [4.78, 5) is 10.7. The van der Waals surface area contributed by atoms with Crippen LogP contribution in [-0.4, -0.2) is 74.4 Å². The van der Waals surface area contributed by atoms with Crippen molar-refractivity contribution in [3.05, 3.63) is 0 Å². The maximum Gasteiger partial charge on any atom is 1.00 e. The molecule has 9 nitrogen and oxygen atoms in total. The van der Waals surface area contributed by atoms with Gasteiger partial charge in [-0.3, -0.25) is 0 Å². The summed E-state index contributed by atoms with van der Waals surface area (Å²) in [6.07, 6.45) is -7.20. The van der Waals surface area contributed by atoms with Crippen molar-refractivity contribution in [1.82, 2.24) is 0 Å². The summed E-state index contributed by atoms with van der Waals surface area (Å²) in [6.45, 7) is -0.826. The minimum Gasteiger partial charge on any atom is -0.544 e. The van der Waals surface area contributed by atoms with Gasteiger partial charge < -0.3 is 45.9 Å². The van der Waals surface area contributed by atoms with E-state index in [0.717, 1.165) is 0 Å². The van der Waals surface area contributed by atoms with Gasteiger partial charge in [-0.25, -0.2) is 0 Å². The molecule has 0 aromatic carbocycles. The van der Waals surface area contributed by atoms with Gasteiger partial charge in [0.1, 0.15) is 24.3 Å². The average Bonchev–Trinajstić information content (AvgIpc) is 2.31. The van der Waals surface area contributed by atoms with Crippen LogP contribution in [0.5, 0.6) is 0 Å². The van der Waals surface area contributed by atoms with Gasteiger partial charge in [-0.1, -0.05) is 0 Å². The second-order valence-corrected chi connectivity index (χ2v) is 4.24. The number of carboxylic acid groups (broad SMARTS) is 1. The maximum absolute atomic E-state index is 10.7. The van der Waals surface area contributed by atoms with Crippen LogP contribution in [0.4, 0.5) is 0 Å². The Morgan fingerprint density at radius 2 is 2.05 bits per heavy atom. The largest absolute Gasteiger partial charge is 1.00 e. The van der Waals surface area contributed by atoms with E-state index in [2.05, 4.69) is 0 Å². The zero-order valence-electron chi connectivity index (χ0n) is 10.3. The molecule has 1 heterocycles. The third-order valence-electron chi connectivity index (χ3n) is 2.88. The Hall–Kier alpha value is 0.190. The second kappa shape index (κ2) is 7.27. The van der Waals surface area contributed by atoms with Crippen LogP contribution in [0.15, 0.2) is 0 Å². The van der Waals surface area contributed by atoms with Crippen LogP contribution in [0.25, 0.3) is 0 Å². The van der Waals surface area contributed by atoms with Crippen molar-refractivity contribution in [3.8, 4) is 0 Å². The van der Waals surface area contributed by atoms with Crippen molar-refractivity contribution in [2.24, 2.45) is 5.73 Å². The second-order valence-electron chi connectivity index (χ2n) is 4.24. The van der Waals surface area contributed by atoms with Gasteiger partial charge >= 0.3 is 29.6 Å².